The van der Waals surface area contributed by atoms with Gasteiger partial charge in [0.05, 0.1) is 31.2 Å². The van der Waals surface area contributed by atoms with Gasteiger partial charge in [-0.2, -0.15) is 0 Å². The van der Waals surface area contributed by atoms with E-state index in [0.29, 0.717) is 41.5 Å². The minimum Gasteiger partial charge on any atom is -0.496 e. The Morgan fingerprint density at radius 2 is 2.05 bits per heavy atom. The van der Waals surface area contributed by atoms with E-state index in [-0.39, 0.29) is 36.1 Å². The molecule has 0 radical (unpaired) electrons. The quantitative estimate of drug-likeness (QED) is 0.365. The zero-order chi connectivity index (χ0) is 26.7. The lowest BCUT2D eigenvalue weighted by atomic mass is 9.97. The average molecular weight is 562 g/mol. The summed E-state index contributed by atoms with van der Waals surface area (Å²) < 4.78 is 7.33. The molecule has 0 bridgehead atoms. The lowest BCUT2D eigenvalue weighted by molar-refractivity contribution is -0.132. The molecule has 12 heteroatoms. The monoisotopic (exact) mass is 561 g/mol. The van der Waals surface area contributed by atoms with Gasteiger partial charge in [-0.05, 0) is 54.3 Å². The van der Waals surface area contributed by atoms with E-state index in [1.165, 1.54) is 17.0 Å². The van der Waals surface area contributed by atoms with Crippen LogP contribution in [-0.4, -0.2) is 44.6 Å². The van der Waals surface area contributed by atoms with Crippen LogP contribution in [0.25, 0.3) is 0 Å². The third-order valence-corrected chi connectivity index (χ3v) is 6.74. The number of carboxylic acids is 1. The van der Waals surface area contributed by atoms with Gasteiger partial charge in [-0.15, -0.1) is 12.4 Å². The van der Waals surface area contributed by atoms with E-state index >= 15 is 0 Å². The Hall–Kier alpha value is -3.76. The predicted octanol–water partition coefficient (Wildman–Crippen LogP) is 4.31. The number of aromatic nitrogens is 2. The van der Waals surface area contributed by atoms with Crippen molar-refractivity contribution < 1.29 is 24.2 Å². The first-order chi connectivity index (χ1) is 17.7. The van der Waals surface area contributed by atoms with E-state index in [9.17, 15) is 19.5 Å². The number of carbonyl (C=O) groups excluding carboxylic acids is 2. The van der Waals surface area contributed by atoms with Crippen LogP contribution in [0.4, 0.5) is 10.5 Å². The molecule has 2 aromatic carbocycles. The molecular weight excluding hydrogens is 533 g/mol. The molecule has 1 aliphatic rings. The Labute approximate surface area is 231 Å². The van der Waals surface area contributed by atoms with Crippen molar-refractivity contribution in [2.75, 3.05) is 12.8 Å². The van der Waals surface area contributed by atoms with Crippen molar-refractivity contribution in [2.24, 2.45) is 5.92 Å². The molecule has 2 atom stereocenters. The molecule has 3 amide bonds. The standard InChI is InChI=1S/C26H28ClN5O5.ClH/c1-3-21(15-4-6-19(25(34)35)20(28)12-15)30-26(36)32-14-23-29-8-9-31(23)13-17(24(32)33)10-16-11-18(27)5-7-22(16)37-2;/h4-9,11-12,17,21H,3,10,13-14,28H2,1-2H3,(H,30,36)(H,34,35);1H/t17-,21+;/m0./s1. The summed E-state index contributed by atoms with van der Waals surface area (Å²) in [4.78, 5) is 44.0. The number of methoxy groups -OCH3 is 1. The Morgan fingerprint density at radius 3 is 2.71 bits per heavy atom. The number of hydrogen-bond acceptors (Lipinski definition) is 6. The van der Waals surface area contributed by atoms with Crippen molar-refractivity contribution in [1.29, 1.82) is 0 Å². The van der Waals surface area contributed by atoms with Gasteiger partial charge in [0, 0.05) is 29.6 Å². The number of carbonyl (C=O) groups is 3. The van der Waals surface area contributed by atoms with Crippen molar-refractivity contribution in [2.45, 2.75) is 38.9 Å². The molecule has 2 heterocycles. The number of nitrogens with zero attached hydrogens (tertiary/aromatic N) is 3. The van der Waals surface area contributed by atoms with Crippen LogP contribution < -0.4 is 15.8 Å². The molecule has 38 heavy (non-hydrogen) atoms. The molecule has 0 spiro atoms. The van der Waals surface area contributed by atoms with Crippen molar-refractivity contribution in [3.05, 3.63) is 76.3 Å². The molecular formula is C26H29Cl2N5O5. The number of nitrogens with two attached hydrogens (primary N) is 1. The molecule has 0 unspecified atom stereocenters. The van der Waals surface area contributed by atoms with Gasteiger partial charge in [-0.1, -0.05) is 24.6 Å². The number of amides is 3. The summed E-state index contributed by atoms with van der Waals surface area (Å²) in [5, 5.41) is 12.7. The molecule has 0 saturated heterocycles. The fourth-order valence-corrected chi connectivity index (χ4v) is 4.74. The summed E-state index contributed by atoms with van der Waals surface area (Å²) in [7, 11) is 1.55. The number of halogens is 2. The number of ether oxygens (including phenoxy) is 1. The summed E-state index contributed by atoms with van der Waals surface area (Å²) in [5.74, 6) is -0.849. The largest absolute Gasteiger partial charge is 0.496 e. The Kier molecular flexibility index (Phi) is 9.24. The van der Waals surface area contributed by atoms with Crippen LogP contribution in [0.15, 0.2) is 48.8 Å². The normalized spacial score (nSPS) is 15.6. The van der Waals surface area contributed by atoms with E-state index in [2.05, 4.69) is 10.3 Å². The highest BCUT2D eigenvalue weighted by atomic mass is 35.5. The number of benzene rings is 2. The third kappa shape index (κ3) is 6.03. The molecule has 202 valence electrons. The zero-order valence-electron chi connectivity index (χ0n) is 20.9. The maximum Gasteiger partial charge on any atom is 0.337 e. The number of imide groups is 1. The van der Waals surface area contributed by atoms with Crippen molar-refractivity contribution in [3.8, 4) is 5.75 Å². The number of hydrogen-bond donors (Lipinski definition) is 3. The van der Waals surface area contributed by atoms with Crippen LogP contribution in [0.5, 0.6) is 5.75 Å². The summed E-state index contributed by atoms with van der Waals surface area (Å²) in [6, 6.07) is 8.71. The molecule has 4 rings (SSSR count). The molecule has 0 saturated carbocycles. The van der Waals surface area contributed by atoms with E-state index in [1.807, 2.05) is 11.5 Å². The van der Waals surface area contributed by atoms with Crippen molar-refractivity contribution in [3.63, 3.8) is 0 Å². The van der Waals surface area contributed by atoms with Gasteiger partial charge < -0.3 is 25.5 Å². The second kappa shape index (κ2) is 12.2. The zero-order valence-corrected chi connectivity index (χ0v) is 22.5. The first-order valence-corrected chi connectivity index (χ1v) is 12.2. The summed E-state index contributed by atoms with van der Waals surface area (Å²) in [6.07, 6.45) is 4.24. The van der Waals surface area contributed by atoms with Crippen molar-refractivity contribution in [1.82, 2.24) is 19.8 Å². The highest BCUT2D eigenvalue weighted by Crippen LogP contribution is 2.29. The minimum absolute atomic E-state index is 0. The van der Waals surface area contributed by atoms with Crippen LogP contribution >= 0.6 is 24.0 Å². The van der Waals surface area contributed by atoms with Gasteiger partial charge in [0.2, 0.25) is 5.91 Å². The van der Waals surface area contributed by atoms with Gasteiger partial charge in [0.25, 0.3) is 0 Å². The fraction of sp³-hybridized carbons (Fsp3) is 0.308. The lowest BCUT2D eigenvalue weighted by Gasteiger charge is -2.26. The SMILES string of the molecule is CC[C@@H](NC(=O)N1Cc2nccn2C[C@H](Cc2cc(Cl)ccc2OC)C1=O)c1ccc(C(=O)O)c(N)c1.Cl. The maximum atomic E-state index is 13.7. The first-order valence-electron chi connectivity index (χ1n) is 11.8. The Balaban J connectivity index is 0.00000400. The van der Waals surface area contributed by atoms with Crippen LogP contribution in [-0.2, 0) is 24.3 Å². The molecule has 1 aromatic heterocycles. The highest BCUT2D eigenvalue weighted by molar-refractivity contribution is 6.30. The average Bonchev–Trinajstić information content (AvgIpc) is 3.26. The number of anilines is 1. The number of imidazole rings is 1. The van der Waals surface area contributed by atoms with Gasteiger partial charge in [0.1, 0.15) is 11.6 Å². The molecule has 0 fully saturated rings. The number of urea groups is 1. The van der Waals surface area contributed by atoms with Crippen LogP contribution in [0.3, 0.4) is 0 Å². The smallest absolute Gasteiger partial charge is 0.337 e. The highest BCUT2D eigenvalue weighted by Gasteiger charge is 2.35. The van der Waals surface area contributed by atoms with E-state index < -0.39 is 24.0 Å². The number of aromatic carboxylic acids is 1. The number of fused-ring (bicyclic) bond motifs is 1. The fourth-order valence-electron chi connectivity index (χ4n) is 4.55. The minimum atomic E-state index is -1.13. The number of nitrogen functional groups attached to an aromatic ring is 1. The summed E-state index contributed by atoms with van der Waals surface area (Å²) >= 11 is 6.20. The number of rotatable bonds is 7. The lowest BCUT2D eigenvalue weighted by Crippen LogP contribution is -2.46. The van der Waals surface area contributed by atoms with E-state index in [1.54, 1.807) is 43.8 Å². The van der Waals surface area contributed by atoms with Crippen LogP contribution in [0, 0.1) is 5.92 Å². The predicted molar refractivity (Wildman–Crippen MR) is 145 cm³/mol. The second-order valence-electron chi connectivity index (χ2n) is 8.84. The van der Waals surface area contributed by atoms with E-state index in [4.69, 9.17) is 22.1 Å². The Morgan fingerprint density at radius 1 is 1.29 bits per heavy atom. The van der Waals surface area contributed by atoms with Gasteiger partial charge in [-0.25, -0.2) is 14.6 Å². The van der Waals surface area contributed by atoms with Crippen molar-refractivity contribution >= 4 is 47.6 Å². The van der Waals surface area contributed by atoms with Gasteiger partial charge in [0.15, 0.2) is 0 Å². The summed E-state index contributed by atoms with van der Waals surface area (Å²) in [5.41, 5.74) is 7.40. The van der Waals surface area contributed by atoms with Crippen LogP contribution in [0.2, 0.25) is 5.02 Å². The second-order valence-corrected chi connectivity index (χ2v) is 9.28. The molecule has 4 N–H and O–H groups in total. The first kappa shape index (κ1) is 28.8. The third-order valence-electron chi connectivity index (χ3n) is 6.50. The van der Waals surface area contributed by atoms with Gasteiger partial charge >= 0.3 is 12.0 Å². The Bertz CT molecular complexity index is 1350. The summed E-state index contributed by atoms with van der Waals surface area (Å²) in [6.45, 7) is 2.23. The molecule has 3 aromatic rings. The number of nitrogens with one attached hydrogen (secondary N) is 1. The van der Waals surface area contributed by atoms with E-state index in [0.717, 1.165) is 5.56 Å². The molecule has 10 nitrogen and oxygen atoms in total. The molecule has 1 aliphatic heterocycles. The van der Waals surface area contributed by atoms with Gasteiger partial charge in [-0.3, -0.25) is 9.69 Å². The molecule has 0 aliphatic carbocycles. The topological polar surface area (TPSA) is 140 Å². The number of carboxylic acid groups (broad SMARTS) is 1. The maximum absolute atomic E-state index is 13.7. The van der Waals surface area contributed by atoms with Crippen LogP contribution in [0.1, 0.15) is 46.7 Å².